The summed E-state index contributed by atoms with van der Waals surface area (Å²) >= 11 is 10.8. The molecule has 1 fully saturated rings. The van der Waals surface area contributed by atoms with Crippen molar-refractivity contribution in [3.8, 4) is 28.7 Å². The average molecular weight is 442 g/mol. The quantitative estimate of drug-likeness (QED) is 0.591. The number of pyridine rings is 1. The minimum Gasteiger partial charge on any atom is -0.493 e. The molecule has 0 amide bonds. The molecule has 1 aliphatic rings. The fourth-order valence-electron chi connectivity index (χ4n) is 3.58. The minimum absolute atomic E-state index is 0.371. The third-order valence-electron chi connectivity index (χ3n) is 4.96. The summed E-state index contributed by atoms with van der Waals surface area (Å²) < 4.78 is 17.1. The molecule has 0 spiro atoms. The summed E-state index contributed by atoms with van der Waals surface area (Å²) in [5.74, 6) is 1.72. The van der Waals surface area contributed by atoms with Crippen LogP contribution in [-0.2, 0) is 4.74 Å². The van der Waals surface area contributed by atoms with Crippen LogP contribution in [0.2, 0.25) is 0 Å². The number of morpholine rings is 1. The molecule has 0 unspecified atom stereocenters. The van der Waals surface area contributed by atoms with Gasteiger partial charge in [0, 0.05) is 18.7 Å². The van der Waals surface area contributed by atoms with Crippen LogP contribution in [0.15, 0.2) is 18.2 Å². The average Bonchev–Trinajstić information content (AvgIpc) is 2.77. The van der Waals surface area contributed by atoms with Gasteiger partial charge in [-0.25, -0.2) is 4.98 Å². The number of aromatic nitrogens is 3. The van der Waals surface area contributed by atoms with E-state index >= 15 is 0 Å². The Balaban J connectivity index is 2.10. The summed E-state index contributed by atoms with van der Waals surface area (Å²) in [6.07, 6.45) is 0. The number of nitrogens with one attached hydrogen (secondary N) is 2. The van der Waals surface area contributed by atoms with E-state index in [9.17, 15) is 5.26 Å². The highest BCUT2D eigenvalue weighted by atomic mass is 32.1. The van der Waals surface area contributed by atoms with Crippen LogP contribution in [0.5, 0.6) is 11.5 Å². The van der Waals surface area contributed by atoms with Crippen LogP contribution >= 0.6 is 24.4 Å². The molecule has 0 saturated carbocycles. The van der Waals surface area contributed by atoms with Gasteiger partial charge in [-0.3, -0.25) is 0 Å². The number of nitrogens with zero attached hydrogens (tertiary/aromatic N) is 3. The molecule has 2 N–H and O–H groups in total. The highest BCUT2D eigenvalue weighted by Crippen LogP contribution is 2.39. The summed E-state index contributed by atoms with van der Waals surface area (Å²) in [4.78, 5) is 12.8. The first-order valence-electron chi connectivity index (χ1n) is 9.23. The number of nitriles is 1. The zero-order chi connectivity index (χ0) is 21.3. The van der Waals surface area contributed by atoms with Gasteiger partial charge in [-0.05, 0) is 29.9 Å². The lowest BCUT2D eigenvalue weighted by molar-refractivity contribution is 0.122. The largest absolute Gasteiger partial charge is 0.493 e. The van der Waals surface area contributed by atoms with E-state index in [1.807, 2.05) is 17.0 Å². The lowest BCUT2D eigenvalue weighted by Crippen LogP contribution is -2.37. The van der Waals surface area contributed by atoms with Gasteiger partial charge in [-0.1, -0.05) is 18.3 Å². The van der Waals surface area contributed by atoms with Gasteiger partial charge in [-0.15, -0.1) is 0 Å². The third kappa shape index (κ3) is 3.52. The Hall–Kier alpha value is -3.00. The predicted octanol–water partition coefficient (Wildman–Crippen LogP) is 3.74. The Morgan fingerprint density at radius 3 is 2.53 bits per heavy atom. The van der Waals surface area contributed by atoms with Crippen molar-refractivity contribution in [2.75, 3.05) is 45.4 Å². The first-order valence-corrected chi connectivity index (χ1v) is 10.0. The van der Waals surface area contributed by atoms with Crippen LogP contribution in [0.3, 0.4) is 0 Å². The fourth-order valence-corrected chi connectivity index (χ4v) is 4.14. The predicted molar refractivity (Wildman–Crippen MR) is 118 cm³/mol. The SMILES string of the molecule is COc1ccc(-c2c(C#N)c(N3CCOCC3)nc3[nH]c(=S)[nH]c(=S)c23)cc1OC. The molecule has 3 aromatic rings. The number of benzene rings is 1. The topological polar surface area (TPSA) is 99.2 Å². The van der Waals surface area contributed by atoms with E-state index in [1.165, 1.54) is 0 Å². The number of rotatable bonds is 4. The third-order valence-corrected chi connectivity index (χ3v) is 5.47. The molecule has 3 heterocycles. The van der Waals surface area contributed by atoms with Crippen molar-refractivity contribution in [1.29, 1.82) is 5.26 Å². The van der Waals surface area contributed by atoms with Crippen LogP contribution in [-0.4, -0.2) is 55.5 Å². The van der Waals surface area contributed by atoms with Gasteiger partial charge in [0.15, 0.2) is 16.3 Å². The number of aromatic amines is 2. The van der Waals surface area contributed by atoms with E-state index in [2.05, 4.69) is 16.0 Å². The molecule has 30 heavy (non-hydrogen) atoms. The molecule has 0 bridgehead atoms. The van der Waals surface area contributed by atoms with Gasteiger partial charge in [0.05, 0.1) is 32.8 Å². The number of fused-ring (bicyclic) bond motifs is 1. The van der Waals surface area contributed by atoms with Gasteiger partial charge < -0.3 is 29.1 Å². The molecular formula is C20H19N5O3S2. The smallest absolute Gasteiger partial charge is 0.177 e. The van der Waals surface area contributed by atoms with Crippen LogP contribution in [0, 0.1) is 20.7 Å². The van der Waals surface area contributed by atoms with Crippen molar-refractivity contribution in [3.63, 3.8) is 0 Å². The molecule has 0 atom stereocenters. The van der Waals surface area contributed by atoms with Gasteiger partial charge in [0.25, 0.3) is 0 Å². The van der Waals surface area contributed by atoms with E-state index in [0.717, 1.165) is 5.56 Å². The van der Waals surface area contributed by atoms with Crippen molar-refractivity contribution in [2.45, 2.75) is 0 Å². The Labute approximate surface area is 183 Å². The Morgan fingerprint density at radius 2 is 1.87 bits per heavy atom. The Kier molecular flexibility index (Phi) is 5.67. The van der Waals surface area contributed by atoms with Crippen LogP contribution in [0.4, 0.5) is 5.82 Å². The second-order valence-corrected chi connectivity index (χ2v) is 7.41. The van der Waals surface area contributed by atoms with Crippen molar-refractivity contribution < 1.29 is 14.2 Å². The molecule has 10 heteroatoms. The zero-order valence-electron chi connectivity index (χ0n) is 16.4. The molecule has 0 radical (unpaired) electrons. The van der Waals surface area contributed by atoms with Gasteiger partial charge in [-0.2, -0.15) is 5.26 Å². The second-order valence-electron chi connectivity index (χ2n) is 6.60. The molecule has 1 aromatic carbocycles. The van der Waals surface area contributed by atoms with Crippen LogP contribution < -0.4 is 14.4 Å². The number of hydrogen-bond acceptors (Lipinski definition) is 8. The maximum atomic E-state index is 10.1. The number of anilines is 1. The van der Waals surface area contributed by atoms with Crippen molar-refractivity contribution in [3.05, 3.63) is 33.2 Å². The van der Waals surface area contributed by atoms with Crippen LogP contribution in [0.25, 0.3) is 22.2 Å². The van der Waals surface area contributed by atoms with Gasteiger partial charge in [0.1, 0.15) is 27.7 Å². The zero-order valence-corrected chi connectivity index (χ0v) is 18.1. The Bertz CT molecular complexity index is 1270. The number of ether oxygens (including phenoxy) is 3. The molecule has 4 rings (SSSR count). The summed E-state index contributed by atoms with van der Waals surface area (Å²) in [7, 11) is 3.15. The van der Waals surface area contributed by atoms with Crippen molar-refractivity contribution >= 4 is 41.3 Å². The van der Waals surface area contributed by atoms with E-state index in [4.69, 9.17) is 43.6 Å². The summed E-state index contributed by atoms with van der Waals surface area (Å²) in [5, 5.41) is 10.8. The van der Waals surface area contributed by atoms with Crippen LogP contribution in [0.1, 0.15) is 5.56 Å². The van der Waals surface area contributed by atoms with Crippen molar-refractivity contribution in [1.82, 2.24) is 15.0 Å². The molecule has 8 nitrogen and oxygen atoms in total. The molecule has 1 saturated heterocycles. The molecule has 2 aromatic heterocycles. The first kappa shape index (κ1) is 20.3. The normalized spacial score (nSPS) is 13.8. The maximum absolute atomic E-state index is 10.1. The number of methoxy groups -OCH3 is 2. The molecule has 1 aliphatic heterocycles. The second kappa shape index (κ2) is 8.39. The summed E-state index contributed by atoms with van der Waals surface area (Å²) in [6, 6.07) is 7.84. The lowest BCUT2D eigenvalue weighted by atomic mass is 9.97. The van der Waals surface area contributed by atoms with E-state index in [1.54, 1.807) is 20.3 Å². The first-order chi connectivity index (χ1) is 14.6. The molecule has 154 valence electrons. The number of hydrogen-bond donors (Lipinski definition) is 2. The highest BCUT2D eigenvalue weighted by molar-refractivity contribution is 7.72. The molecular weight excluding hydrogens is 422 g/mol. The minimum atomic E-state index is 0.371. The number of H-pyrrole nitrogens is 2. The lowest BCUT2D eigenvalue weighted by Gasteiger charge is -2.29. The maximum Gasteiger partial charge on any atom is 0.177 e. The summed E-state index contributed by atoms with van der Waals surface area (Å²) in [5.41, 5.74) is 2.38. The van der Waals surface area contributed by atoms with Gasteiger partial charge >= 0.3 is 0 Å². The van der Waals surface area contributed by atoms with E-state index < -0.39 is 0 Å². The molecule has 0 aliphatic carbocycles. The standard InChI is InChI=1S/C20H19N5O3S2/c1-26-13-4-3-11(9-14(13)27-2)15-12(10-21)18(25-5-7-28-8-6-25)22-17-16(15)19(29)24-20(30)23-17/h3-4,9H,5-8H2,1-2H3,(H2,22,23,24,29,30). The summed E-state index contributed by atoms with van der Waals surface area (Å²) in [6.45, 7) is 2.42. The Morgan fingerprint density at radius 1 is 1.13 bits per heavy atom. The van der Waals surface area contributed by atoms with Gasteiger partial charge in [0.2, 0.25) is 0 Å². The van der Waals surface area contributed by atoms with E-state index in [0.29, 0.717) is 75.2 Å². The highest BCUT2D eigenvalue weighted by Gasteiger charge is 2.24. The fraction of sp³-hybridized carbons (Fsp3) is 0.300. The van der Waals surface area contributed by atoms with E-state index in [-0.39, 0.29) is 0 Å². The monoisotopic (exact) mass is 441 g/mol. The van der Waals surface area contributed by atoms with Crippen molar-refractivity contribution in [2.24, 2.45) is 0 Å².